The molecule has 0 unspecified atom stereocenters. The maximum atomic E-state index is 13.5. The zero-order valence-electron chi connectivity index (χ0n) is 11.9. The molecule has 0 aliphatic rings. The standard InChI is InChI=1S/C14H9FN4O5/c15-13-5-4-12(19(23)24)7-10(13)8-16-17-14(20)9-2-1-3-11(6-9)18(21)22/h1-8H,(H,17,20)/b16-8+. The number of non-ortho nitro benzene ring substituents is 2. The first-order chi connectivity index (χ1) is 11.4. The number of hydrazone groups is 1. The van der Waals surface area contributed by atoms with Crippen molar-refractivity contribution < 1.29 is 19.0 Å². The molecule has 10 heteroatoms. The smallest absolute Gasteiger partial charge is 0.267 e. The maximum Gasteiger partial charge on any atom is 0.271 e. The minimum atomic E-state index is -0.756. The van der Waals surface area contributed by atoms with Crippen molar-refractivity contribution in [3.05, 3.63) is 79.6 Å². The van der Waals surface area contributed by atoms with Crippen molar-refractivity contribution in [1.82, 2.24) is 5.43 Å². The summed E-state index contributed by atoms with van der Waals surface area (Å²) in [5.74, 6) is -1.50. The van der Waals surface area contributed by atoms with Crippen LogP contribution in [-0.4, -0.2) is 22.0 Å². The Bertz CT molecular complexity index is 853. The van der Waals surface area contributed by atoms with Gasteiger partial charge in [-0.1, -0.05) is 6.07 Å². The number of hydrogen-bond acceptors (Lipinski definition) is 6. The molecular weight excluding hydrogens is 323 g/mol. The lowest BCUT2D eigenvalue weighted by Gasteiger charge is -2.00. The second-order valence-corrected chi connectivity index (χ2v) is 4.47. The lowest BCUT2D eigenvalue weighted by atomic mass is 10.2. The van der Waals surface area contributed by atoms with Crippen LogP contribution < -0.4 is 5.43 Å². The van der Waals surface area contributed by atoms with Gasteiger partial charge in [-0.25, -0.2) is 9.82 Å². The SMILES string of the molecule is O=C(N/N=C/c1cc([N+](=O)[O-])ccc1F)c1cccc([N+](=O)[O-])c1. The van der Waals surface area contributed by atoms with Gasteiger partial charge in [0.05, 0.1) is 16.1 Å². The van der Waals surface area contributed by atoms with Crippen LogP contribution in [0.5, 0.6) is 0 Å². The van der Waals surface area contributed by atoms with Crippen molar-refractivity contribution in [2.75, 3.05) is 0 Å². The predicted molar refractivity (Wildman–Crippen MR) is 81.2 cm³/mol. The molecule has 2 aromatic rings. The molecule has 122 valence electrons. The van der Waals surface area contributed by atoms with Crippen molar-refractivity contribution in [3.8, 4) is 0 Å². The van der Waals surface area contributed by atoms with Crippen LogP contribution in [0.4, 0.5) is 15.8 Å². The summed E-state index contributed by atoms with van der Waals surface area (Å²) in [6.45, 7) is 0. The molecule has 1 amide bonds. The molecule has 0 bridgehead atoms. The number of carbonyl (C=O) groups is 1. The van der Waals surface area contributed by atoms with Gasteiger partial charge < -0.3 is 0 Å². The summed E-state index contributed by atoms with van der Waals surface area (Å²) in [4.78, 5) is 31.7. The highest BCUT2D eigenvalue weighted by Crippen LogP contribution is 2.15. The molecule has 0 spiro atoms. The average molecular weight is 332 g/mol. The lowest BCUT2D eigenvalue weighted by molar-refractivity contribution is -0.385. The molecule has 2 aromatic carbocycles. The number of hydrogen-bond donors (Lipinski definition) is 1. The molecular formula is C14H9FN4O5. The molecule has 1 N–H and O–H groups in total. The van der Waals surface area contributed by atoms with E-state index in [1.807, 2.05) is 0 Å². The van der Waals surface area contributed by atoms with Gasteiger partial charge in [0.15, 0.2) is 0 Å². The largest absolute Gasteiger partial charge is 0.271 e. The van der Waals surface area contributed by atoms with Crippen molar-refractivity contribution in [2.45, 2.75) is 0 Å². The Morgan fingerprint density at radius 2 is 1.75 bits per heavy atom. The summed E-state index contributed by atoms with van der Waals surface area (Å²) in [7, 11) is 0. The Kier molecular flexibility index (Phi) is 4.90. The summed E-state index contributed by atoms with van der Waals surface area (Å²) >= 11 is 0. The van der Waals surface area contributed by atoms with Crippen LogP contribution in [-0.2, 0) is 0 Å². The number of nitro groups is 2. The van der Waals surface area contributed by atoms with Crippen LogP contribution >= 0.6 is 0 Å². The highest BCUT2D eigenvalue weighted by molar-refractivity contribution is 5.95. The third kappa shape index (κ3) is 3.94. The summed E-state index contributed by atoms with van der Waals surface area (Å²) in [6.07, 6.45) is 0.900. The van der Waals surface area contributed by atoms with E-state index in [2.05, 4.69) is 10.5 Å². The average Bonchev–Trinajstić information content (AvgIpc) is 2.56. The van der Waals surface area contributed by atoms with Crippen LogP contribution in [0.15, 0.2) is 47.6 Å². The zero-order valence-corrected chi connectivity index (χ0v) is 11.9. The van der Waals surface area contributed by atoms with Crippen molar-refractivity contribution in [3.63, 3.8) is 0 Å². The Morgan fingerprint density at radius 1 is 1.08 bits per heavy atom. The molecule has 2 rings (SSSR count). The molecule has 9 nitrogen and oxygen atoms in total. The van der Waals surface area contributed by atoms with E-state index in [1.165, 1.54) is 18.2 Å². The summed E-state index contributed by atoms with van der Waals surface area (Å²) in [5.41, 5.74) is 1.26. The molecule has 24 heavy (non-hydrogen) atoms. The monoisotopic (exact) mass is 332 g/mol. The number of nitro benzene ring substituents is 2. The molecule has 0 aliphatic heterocycles. The van der Waals surface area contributed by atoms with Gasteiger partial charge in [-0.05, 0) is 12.1 Å². The van der Waals surface area contributed by atoms with Gasteiger partial charge in [0.25, 0.3) is 17.3 Å². The van der Waals surface area contributed by atoms with E-state index < -0.39 is 21.6 Å². The molecule has 0 fully saturated rings. The minimum Gasteiger partial charge on any atom is -0.267 e. The van der Waals surface area contributed by atoms with Gasteiger partial charge in [0.1, 0.15) is 5.82 Å². The third-order valence-electron chi connectivity index (χ3n) is 2.88. The molecule has 0 radical (unpaired) electrons. The Hall–Kier alpha value is -3.69. The number of rotatable bonds is 5. The fourth-order valence-corrected chi connectivity index (χ4v) is 1.73. The van der Waals surface area contributed by atoms with Crippen LogP contribution in [0.2, 0.25) is 0 Å². The number of halogens is 1. The first-order valence-corrected chi connectivity index (χ1v) is 6.40. The summed E-state index contributed by atoms with van der Waals surface area (Å²) in [5, 5.41) is 24.8. The Balaban J connectivity index is 2.13. The maximum absolute atomic E-state index is 13.5. The zero-order chi connectivity index (χ0) is 17.7. The van der Waals surface area contributed by atoms with Crippen molar-refractivity contribution in [2.24, 2.45) is 5.10 Å². The van der Waals surface area contributed by atoms with E-state index in [4.69, 9.17) is 0 Å². The van der Waals surface area contributed by atoms with E-state index in [-0.39, 0.29) is 22.5 Å². The fraction of sp³-hybridized carbons (Fsp3) is 0. The minimum absolute atomic E-state index is 0.0131. The van der Waals surface area contributed by atoms with Crippen molar-refractivity contribution >= 4 is 23.5 Å². The van der Waals surface area contributed by atoms with Crippen LogP contribution in [0, 0.1) is 26.0 Å². The highest BCUT2D eigenvalue weighted by Gasteiger charge is 2.12. The molecule has 0 atom stereocenters. The van der Waals surface area contributed by atoms with Gasteiger partial charge in [0, 0.05) is 35.4 Å². The van der Waals surface area contributed by atoms with Crippen LogP contribution in [0.1, 0.15) is 15.9 Å². The number of nitrogens with zero attached hydrogens (tertiary/aromatic N) is 3. The highest BCUT2D eigenvalue weighted by atomic mass is 19.1. The quantitative estimate of drug-likeness (QED) is 0.511. The van der Waals surface area contributed by atoms with E-state index in [0.29, 0.717) is 0 Å². The lowest BCUT2D eigenvalue weighted by Crippen LogP contribution is -2.17. The van der Waals surface area contributed by atoms with Gasteiger partial charge >= 0.3 is 0 Å². The van der Waals surface area contributed by atoms with Crippen LogP contribution in [0.25, 0.3) is 0 Å². The molecule has 0 saturated heterocycles. The van der Waals surface area contributed by atoms with Gasteiger partial charge in [-0.15, -0.1) is 0 Å². The second kappa shape index (κ2) is 7.05. The summed E-state index contributed by atoms with van der Waals surface area (Å²) in [6, 6.07) is 7.80. The summed E-state index contributed by atoms with van der Waals surface area (Å²) < 4.78 is 13.5. The molecule has 0 saturated carbocycles. The fourth-order valence-electron chi connectivity index (χ4n) is 1.73. The number of amides is 1. The first kappa shape index (κ1) is 16.7. The Labute approximate surface area is 133 Å². The van der Waals surface area contributed by atoms with E-state index in [0.717, 1.165) is 30.5 Å². The Morgan fingerprint density at radius 3 is 2.42 bits per heavy atom. The van der Waals surface area contributed by atoms with Gasteiger partial charge in [-0.2, -0.15) is 5.10 Å². The number of carbonyl (C=O) groups excluding carboxylic acids is 1. The predicted octanol–water partition coefficient (Wildman–Crippen LogP) is 2.41. The number of benzene rings is 2. The normalized spacial score (nSPS) is 10.5. The first-order valence-electron chi connectivity index (χ1n) is 6.40. The molecule has 0 aliphatic carbocycles. The van der Waals surface area contributed by atoms with Crippen LogP contribution in [0.3, 0.4) is 0 Å². The van der Waals surface area contributed by atoms with E-state index >= 15 is 0 Å². The van der Waals surface area contributed by atoms with E-state index in [1.54, 1.807) is 0 Å². The van der Waals surface area contributed by atoms with Gasteiger partial charge in [-0.3, -0.25) is 25.0 Å². The number of nitrogens with one attached hydrogen (secondary N) is 1. The second-order valence-electron chi connectivity index (χ2n) is 4.47. The van der Waals surface area contributed by atoms with Gasteiger partial charge in [0.2, 0.25) is 0 Å². The topological polar surface area (TPSA) is 128 Å². The van der Waals surface area contributed by atoms with E-state index in [9.17, 15) is 29.4 Å². The molecule has 0 aromatic heterocycles. The molecule has 0 heterocycles. The third-order valence-corrected chi connectivity index (χ3v) is 2.88. The van der Waals surface area contributed by atoms with Crippen molar-refractivity contribution in [1.29, 1.82) is 0 Å².